The van der Waals surface area contributed by atoms with Crippen LogP contribution in [0.4, 0.5) is 14.6 Å². The summed E-state index contributed by atoms with van der Waals surface area (Å²) in [6.07, 6.45) is -2.63. The third-order valence-electron chi connectivity index (χ3n) is 1.71. The third-order valence-corrected chi connectivity index (χ3v) is 1.96. The predicted molar refractivity (Wildman–Crippen MR) is 49.7 cm³/mol. The molecule has 0 unspecified atom stereocenters. The monoisotopic (exact) mass is 222 g/mol. The second-order valence-corrected chi connectivity index (χ2v) is 2.81. The fraction of sp³-hybridized carbons (Fsp3) is 0.375. The molecule has 1 rings (SSSR count). The van der Waals surface area contributed by atoms with Crippen molar-refractivity contribution >= 4 is 17.4 Å². The zero-order valence-corrected chi connectivity index (χ0v) is 8.18. The molecule has 14 heavy (non-hydrogen) atoms. The Morgan fingerprint density at radius 2 is 2.29 bits per heavy atom. The molecule has 0 radical (unpaired) electrons. The van der Waals surface area contributed by atoms with Gasteiger partial charge >= 0.3 is 0 Å². The largest absolute Gasteiger partial charge is 0.493 e. The van der Waals surface area contributed by atoms with Crippen molar-refractivity contribution < 1.29 is 13.5 Å². The van der Waals surface area contributed by atoms with Crippen molar-refractivity contribution in [1.29, 1.82) is 0 Å². The summed E-state index contributed by atoms with van der Waals surface area (Å²) in [5.74, 6) is 0.0927. The Bertz CT molecular complexity index is 333. The van der Waals surface area contributed by atoms with Gasteiger partial charge in [0.15, 0.2) is 11.6 Å². The fourth-order valence-electron chi connectivity index (χ4n) is 1.02. The van der Waals surface area contributed by atoms with Crippen molar-refractivity contribution in [1.82, 2.24) is 4.98 Å². The number of ether oxygens (including phenoxy) is 1. The maximum atomic E-state index is 12.5. The highest BCUT2D eigenvalue weighted by atomic mass is 35.5. The molecule has 78 valence electrons. The molecule has 1 heterocycles. The van der Waals surface area contributed by atoms with Crippen LogP contribution in [0, 0.1) is 0 Å². The Labute approximate surface area is 84.8 Å². The zero-order chi connectivity index (χ0) is 10.7. The topological polar surface area (TPSA) is 48.1 Å². The highest BCUT2D eigenvalue weighted by Crippen LogP contribution is 2.29. The Morgan fingerprint density at radius 3 is 2.71 bits per heavy atom. The number of anilines is 1. The van der Waals surface area contributed by atoms with Crippen LogP contribution in [0.5, 0.6) is 5.75 Å². The number of hydrogen-bond donors (Lipinski definition) is 1. The number of nitrogens with zero attached hydrogens (tertiary/aromatic N) is 1. The average molecular weight is 223 g/mol. The van der Waals surface area contributed by atoms with E-state index >= 15 is 0 Å². The van der Waals surface area contributed by atoms with E-state index in [0.717, 1.165) is 6.07 Å². The summed E-state index contributed by atoms with van der Waals surface area (Å²) in [5, 5.41) is 0. The highest BCUT2D eigenvalue weighted by molar-refractivity contribution is 6.17. The number of aromatic nitrogens is 1. The molecule has 1 aromatic rings. The van der Waals surface area contributed by atoms with Crippen molar-refractivity contribution in [2.45, 2.75) is 12.3 Å². The molecule has 0 aliphatic carbocycles. The lowest BCUT2D eigenvalue weighted by atomic mass is 10.2. The standard InChI is InChI=1S/C8H9ClF2N2O/c1-14-6-2-4(7(10)11)5(3-9)13-8(6)12/h2,7H,3H2,1H3,(H2,12,13). The van der Waals surface area contributed by atoms with Crippen LogP contribution in [-0.4, -0.2) is 12.1 Å². The summed E-state index contributed by atoms with van der Waals surface area (Å²) in [5.41, 5.74) is 5.28. The van der Waals surface area contributed by atoms with Gasteiger partial charge in [0.1, 0.15) is 0 Å². The number of halogens is 3. The van der Waals surface area contributed by atoms with Crippen LogP contribution in [-0.2, 0) is 5.88 Å². The lowest BCUT2D eigenvalue weighted by Gasteiger charge is -2.09. The maximum absolute atomic E-state index is 12.5. The molecular weight excluding hydrogens is 214 g/mol. The van der Waals surface area contributed by atoms with E-state index < -0.39 is 6.43 Å². The molecule has 0 saturated heterocycles. The molecule has 6 heteroatoms. The summed E-state index contributed by atoms with van der Waals surface area (Å²) in [6.45, 7) is 0. The first kappa shape index (κ1) is 11.0. The van der Waals surface area contributed by atoms with E-state index in [1.54, 1.807) is 0 Å². The molecule has 1 aromatic heterocycles. The maximum Gasteiger partial charge on any atom is 0.265 e. The van der Waals surface area contributed by atoms with Crippen LogP contribution in [0.3, 0.4) is 0 Å². The van der Waals surface area contributed by atoms with E-state index in [1.165, 1.54) is 7.11 Å². The normalized spacial score (nSPS) is 10.6. The minimum atomic E-state index is -2.63. The van der Waals surface area contributed by atoms with E-state index in [4.69, 9.17) is 22.1 Å². The first-order chi connectivity index (χ1) is 6.60. The molecule has 0 fully saturated rings. The van der Waals surface area contributed by atoms with Crippen molar-refractivity contribution in [3.8, 4) is 5.75 Å². The van der Waals surface area contributed by atoms with E-state index in [2.05, 4.69) is 4.98 Å². The molecule has 0 spiro atoms. The summed E-state index contributed by atoms with van der Waals surface area (Å²) in [6, 6.07) is 1.16. The molecule has 3 nitrogen and oxygen atoms in total. The minimum Gasteiger partial charge on any atom is -0.493 e. The number of nitrogens with two attached hydrogens (primary N) is 1. The first-order valence-electron chi connectivity index (χ1n) is 3.77. The van der Waals surface area contributed by atoms with Crippen LogP contribution >= 0.6 is 11.6 Å². The number of nitrogen functional groups attached to an aromatic ring is 1. The van der Waals surface area contributed by atoms with Crippen LogP contribution in [0.25, 0.3) is 0 Å². The summed E-state index contributed by atoms with van der Waals surface area (Å²) < 4.78 is 29.7. The Balaban J connectivity index is 3.25. The van der Waals surface area contributed by atoms with Crippen molar-refractivity contribution in [3.05, 3.63) is 17.3 Å². The van der Waals surface area contributed by atoms with Gasteiger partial charge in [-0.25, -0.2) is 13.8 Å². The molecule has 0 aliphatic heterocycles. The lowest BCUT2D eigenvalue weighted by Crippen LogP contribution is -2.03. The second kappa shape index (κ2) is 4.41. The smallest absolute Gasteiger partial charge is 0.265 e. The van der Waals surface area contributed by atoms with Gasteiger partial charge in [0, 0.05) is 5.56 Å². The minimum absolute atomic E-state index is 0.0625. The molecular formula is C8H9ClF2N2O. The molecule has 2 N–H and O–H groups in total. The Kier molecular flexibility index (Phi) is 3.46. The number of rotatable bonds is 3. The van der Waals surface area contributed by atoms with Gasteiger partial charge < -0.3 is 10.5 Å². The number of pyridine rings is 1. The van der Waals surface area contributed by atoms with Crippen molar-refractivity contribution in [3.63, 3.8) is 0 Å². The zero-order valence-electron chi connectivity index (χ0n) is 7.43. The molecule has 0 amide bonds. The van der Waals surface area contributed by atoms with E-state index in [1.807, 2.05) is 0 Å². The number of hydrogen-bond acceptors (Lipinski definition) is 3. The molecule has 0 atom stereocenters. The van der Waals surface area contributed by atoms with Gasteiger partial charge in [-0.15, -0.1) is 11.6 Å². The third kappa shape index (κ3) is 2.04. The second-order valence-electron chi connectivity index (χ2n) is 2.55. The van der Waals surface area contributed by atoms with E-state index in [0.29, 0.717) is 0 Å². The van der Waals surface area contributed by atoms with Crippen molar-refractivity contribution in [2.24, 2.45) is 0 Å². The Hall–Kier alpha value is -1.10. The van der Waals surface area contributed by atoms with E-state index in [9.17, 15) is 8.78 Å². The Morgan fingerprint density at radius 1 is 1.64 bits per heavy atom. The lowest BCUT2D eigenvalue weighted by molar-refractivity contribution is 0.149. The van der Waals surface area contributed by atoms with Gasteiger partial charge in [-0.05, 0) is 6.07 Å². The van der Waals surface area contributed by atoms with Crippen LogP contribution in [0.15, 0.2) is 6.07 Å². The van der Waals surface area contributed by atoms with Gasteiger partial charge in [0.2, 0.25) is 0 Å². The number of methoxy groups -OCH3 is 1. The fourth-order valence-corrected chi connectivity index (χ4v) is 1.24. The molecule has 0 aliphatic rings. The molecule has 0 aromatic carbocycles. The van der Waals surface area contributed by atoms with Gasteiger partial charge in [-0.2, -0.15) is 0 Å². The van der Waals surface area contributed by atoms with Crippen LogP contribution < -0.4 is 10.5 Å². The predicted octanol–water partition coefficient (Wildman–Crippen LogP) is 2.35. The SMILES string of the molecule is COc1cc(C(F)F)c(CCl)nc1N. The van der Waals surface area contributed by atoms with Gasteiger partial charge in [-0.3, -0.25) is 0 Å². The van der Waals surface area contributed by atoms with Crippen molar-refractivity contribution in [2.75, 3.05) is 12.8 Å². The quantitative estimate of drug-likeness (QED) is 0.799. The van der Waals surface area contributed by atoms with Gasteiger partial charge in [0.05, 0.1) is 18.7 Å². The highest BCUT2D eigenvalue weighted by Gasteiger charge is 2.17. The van der Waals surface area contributed by atoms with Crippen LogP contribution in [0.2, 0.25) is 0 Å². The van der Waals surface area contributed by atoms with Gasteiger partial charge in [0.25, 0.3) is 6.43 Å². The van der Waals surface area contributed by atoms with Gasteiger partial charge in [-0.1, -0.05) is 0 Å². The molecule has 0 saturated carbocycles. The molecule has 0 bridgehead atoms. The number of alkyl halides is 3. The summed E-state index contributed by atoms with van der Waals surface area (Å²) in [4.78, 5) is 3.72. The van der Waals surface area contributed by atoms with Crippen LogP contribution in [0.1, 0.15) is 17.7 Å². The van der Waals surface area contributed by atoms with E-state index in [-0.39, 0.29) is 28.7 Å². The summed E-state index contributed by atoms with van der Waals surface area (Å²) in [7, 11) is 1.34. The average Bonchev–Trinajstić information content (AvgIpc) is 2.16. The summed E-state index contributed by atoms with van der Waals surface area (Å²) >= 11 is 5.45. The first-order valence-corrected chi connectivity index (χ1v) is 4.31.